The van der Waals surface area contributed by atoms with E-state index >= 15 is 0 Å². The summed E-state index contributed by atoms with van der Waals surface area (Å²) in [6.45, 7) is 0. The van der Waals surface area contributed by atoms with Gasteiger partial charge in [-0.05, 0) is 18.2 Å². The third-order valence-corrected chi connectivity index (χ3v) is 5.59. The van der Waals surface area contributed by atoms with E-state index in [1.165, 1.54) is 0 Å². The third kappa shape index (κ3) is 9.92. The molecule has 0 amide bonds. The molecule has 2 heterocycles. The molecule has 9 heteroatoms. The Labute approximate surface area is 265 Å². The molecule has 0 saturated carbocycles. The number of hydrogen-bond acceptors (Lipinski definition) is 4. The van der Waals surface area contributed by atoms with E-state index in [0.29, 0.717) is 22.7 Å². The Kier molecular flexibility index (Phi) is 12.0. The number of nitrogens with zero attached hydrogens (tertiary/aromatic N) is 8. The predicted molar refractivity (Wildman–Crippen MR) is 168 cm³/mol. The van der Waals surface area contributed by atoms with Gasteiger partial charge in [0.15, 0.2) is 5.82 Å². The molecular formula is C34H26MoN8. The van der Waals surface area contributed by atoms with Gasteiger partial charge in [0.25, 0.3) is 0 Å². The number of para-hydroxylation sites is 4. The topological polar surface area (TPSA) is 106 Å². The van der Waals surface area contributed by atoms with E-state index in [-0.39, 0.29) is 21.1 Å². The fourth-order valence-electron chi connectivity index (χ4n) is 3.61. The number of pyridine rings is 2. The van der Waals surface area contributed by atoms with Crippen LogP contribution in [0.4, 0.5) is 39.9 Å². The van der Waals surface area contributed by atoms with E-state index in [0.717, 1.165) is 22.7 Å². The van der Waals surface area contributed by atoms with Crippen molar-refractivity contribution >= 4 is 39.9 Å². The molecule has 4 aromatic carbocycles. The molecule has 0 unspecified atom stereocenters. The van der Waals surface area contributed by atoms with Crippen molar-refractivity contribution in [3.8, 4) is 0 Å². The summed E-state index contributed by atoms with van der Waals surface area (Å²) < 4.78 is 0. The molecular weight excluding hydrogens is 616 g/mol. The van der Waals surface area contributed by atoms with E-state index in [2.05, 4.69) is 41.4 Å². The van der Waals surface area contributed by atoms with Crippen LogP contribution in [0.15, 0.2) is 173 Å². The summed E-state index contributed by atoms with van der Waals surface area (Å²) in [6.07, 6.45) is 3.38. The summed E-state index contributed by atoms with van der Waals surface area (Å²) in [5.74, 6) is 0.576. The third-order valence-electron chi connectivity index (χ3n) is 5.59. The van der Waals surface area contributed by atoms with Crippen LogP contribution in [-0.2, 0) is 21.1 Å². The van der Waals surface area contributed by atoms with Crippen molar-refractivity contribution in [2.45, 2.75) is 0 Å². The Bertz CT molecular complexity index is 1740. The molecule has 8 nitrogen and oxygen atoms in total. The van der Waals surface area contributed by atoms with Crippen LogP contribution < -0.4 is 10.5 Å². The summed E-state index contributed by atoms with van der Waals surface area (Å²) in [5, 5.41) is 21.7. The second-order valence-electron chi connectivity index (χ2n) is 8.65. The molecule has 0 aliphatic rings. The SMILES string of the molecule is [Mo+4].c1ccc([N-]c2ccccc2N=Nc2ccccn2)cc1.c1ccc([N-]c2ccccc2[N-]/N=c2/cccc[n-]2)cc1. The fraction of sp³-hybridized carbons (Fsp3) is 0. The standard InChI is InChI=1S/2C17H13N4.Mo/c2*1-2-8-14(9-3-1)19-15-10-4-5-11-16(15)20-21-17-12-6-7-13-18-17;/h2*1-13H;/q-3;-1;+4. The molecule has 0 aliphatic carbocycles. The largest absolute Gasteiger partial charge is 4.00 e. The quantitative estimate of drug-likeness (QED) is 0.0936. The molecule has 6 rings (SSSR count). The average molecular weight is 643 g/mol. The monoisotopic (exact) mass is 644 g/mol. The van der Waals surface area contributed by atoms with Crippen molar-refractivity contribution in [3.05, 3.63) is 180 Å². The van der Waals surface area contributed by atoms with Gasteiger partial charge < -0.3 is 26.1 Å². The Morgan fingerprint density at radius 3 is 1.74 bits per heavy atom. The molecule has 208 valence electrons. The minimum absolute atomic E-state index is 0. The molecule has 0 fully saturated rings. The number of benzene rings is 4. The summed E-state index contributed by atoms with van der Waals surface area (Å²) in [4.78, 5) is 8.23. The van der Waals surface area contributed by atoms with E-state index in [9.17, 15) is 0 Å². The minimum atomic E-state index is 0. The van der Waals surface area contributed by atoms with Crippen LogP contribution in [0.5, 0.6) is 0 Å². The maximum atomic E-state index is 4.58. The number of azo groups is 1. The zero-order valence-corrected chi connectivity index (χ0v) is 25.0. The molecule has 43 heavy (non-hydrogen) atoms. The van der Waals surface area contributed by atoms with E-state index in [1.54, 1.807) is 24.5 Å². The van der Waals surface area contributed by atoms with Crippen molar-refractivity contribution < 1.29 is 21.1 Å². The van der Waals surface area contributed by atoms with Gasteiger partial charge in [0.1, 0.15) is 0 Å². The van der Waals surface area contributed by atoms with Crippen LogP contribution in [-0.4, -0.2) is 4.98 Å². The molecule has 0 aliphatic heterocycles. The summed E-state index contributed by atoms with van der Waals surface area (Å²) in [7, 11) is 0. The van der Waals surface area contributed by atoms with Gasteiger partial charge in [-0.1, -0.05) is 139 Å². The van der Waals surface area contributed by atoms with Gasteiger partial charge in [-0.15, -0.1) is 22.2 Å². The molecule has 0 saturated heterocycles. The molecule has 0 spiro atoms. The van der Waals surface area contributed by atoms with Crippen LogP contribution in [0.3, 0.4) is 0 Å². The van der Waals surface area contributed by atoms with Crippen LogP contribution in [0.2, 0.25) is 0 Å². The number of aromatic nitrogens is 2. The molecule has 0 radical (unpaired) electrons. The summed E-state index contributed by atoms with van der Waals surface area (Å²) in [6, 6.07) is 45.9. The first-order valence-electron chi connectivity index (χ1n) is 13.2. The minimum Gasteiger partial charge on any atom is -0.691 e. The Hall–Kier alpha value is -5.33. The van der Waals surface area contributed by atoms with E-state index in [4.69, 9.17) is 0 Å². The van der Waals surface area contributed by atoms with Gasteiger partial charge in [-0.3, -0.25) is 0 Å². The van der Waals surface area contributed by atoms with Crippen molar-refractivity contribution in [2.24, 2.45) is 15.3 Å². The van der Waals surface area contributed by atoms with Crippen molar-refractivity contribution in [1.29, 1.82) is 0 Å². The van der Waals surface area contributed by atoms with Gasteiger partial charge in [-0.25, -0.2) is 4.98 Å². The number of rotatable bonds is 8. The van der Waals surface area contributed by atoms with Crippen LogP contribution in [0, 0.1) is 0 Å². The smallest absolute Gasteiger partial charge is 0.691 e. The van der Waals surface area contributed by atoms with E-state index < -0.39 is 0 Å². The second-order valence-corrected chi connectivity index (χ2v) is 8.65. The van der Waals surface area contributed by atoms with Gasteiger partial charge in [0.2, 0.25) is 0 Å². The zero-order chi connectivity index (χ0) is 28.7. The van der Waals surface area contributed by atoms with Gasteiger partial charge in [0, 0.05) is 6.20 Å². The predicted octanol–water partition coefficient (Wildman–Crippen LogP) is 10.3. The first-order valence-corrected chi connectivity index (χ1v) is 13.2. The number of hydrogen-bond donors (Lipinski definition) is 0. The fourth-order valence-corrected chi connectivity index (χ4v) is 3.61. The summed E-state index contributed by atoms with van der Waals surface area (Å²) >= 11 is 0. The molecule has 2 aromatic heterocycles. The zero-order valence-electron chi connectivity index (χ0n) is 23.0. The molecule has 0 atom stereocenters. The molecule has 6 aromatic rings. The second kappa shape index (κ2) is 16.8. The maximum absolute atomic E-state index is 4.58. The summed E-state index contributed by atoms with van der Waals surface area (Å²) in [5.41, 5.74) is 9.58. The molecule has 0 N–H and O–H groups in total. The van der Waals surface area contributed by atoms with Gasteiger partial charge in [-0.2, -0.15) is 16.5 Å². The van der Waals surface area contributed by atoms with Gasteiger partial charge >= 0.3 is 21.1 Å². The average Bonchev–Trinajstić information content (AvgIpc) is 3.06. The van der Waals surface area contributed by atoms with Gasteiger partial charge in [0.05, 0.1) is 5.69 Å². The van der Waals surface area contributed by atoms with Crippen molar-refractivity contribution in [2.75, 3.05) is 0 Å². The Morgan fingerprint density at radius 1 is 0.512 bits per heavy atom. The first kappa shape index (κ1) is 30.6. The normalized spacial score (nSPS) is 10.7. The van der Waals surface area contributed by atoms with Crippen molar-refractivity contribution in [1.82, 2.24) is 9.97 Å². The van der Waals surface area contributed by atoms with Crippen molar-refractivity contribution in [3.63, 3.8) is 0 Å². The van der Waals surface area contributed by atoms with E-state index in [1.807, 2.05) is 133 Å². The maximum Gasteiger partial charge on any atom is 4.00 e. The first-order chi connectivity index (χ1) is 20.8. The molecule has 0 bridgehead atoms. The Morgan fingerprint density at radius 2 is 1.09 bits per heavy atom. The van der Waals surface area contributed by atoms with Crippen LogP contribution in [0.25, 0.3) is 16.1 Å². The van der Waals surface area contributed by atoms with Crippen LogP contribution >= 0.6 is 0 Å². The van der Waals surface area contributed by atoms with Crippen LogP contribution in [0.1, 0.15) is 0 Å². The Balaban J connectivity index is 0.000000192.